The van der Waals surface area contributed by atoms with E-state index in [0.29, 0.717) is 36.5 Å². The number of carbonyl (C=O) groups excluding carboxylic acids is 3. The Morgan fingerprint density at radius 3 is 1.71 bits per heavy atom. The van der Waals surface area contributed by atoms with E-state index in [-0.39, 0.29) is 40.3 Å². The Bertz CT molecular complexity index is 2690. The Labute approximate surface area is 353 Å². The summed E-state index contributed by atoms with van der Waals surface area (Å²) in [6.45, 7) is 6.44. The standard InChI is InChI=1S/C22H24F3N7O3.C17H16F3N7O/c1-21(2,3)35-20(34)31-8-4-5-15(31)19(33)29-16-11-32-17(28-16)7-6-14(30-32)12-9-13(22(23,24)25)18(26)27-10-12;18-17(19,20)10-6-9(7-23-15(10)21)11-3-4-14-24-13(8-27(14)26-11)25-16(28)12-2-1-5-22-12/h6-7,9-11,15H,4-5,8H2,1-3H3,(H2,26,27)(H,29,33);3-4,6-8,12,22H,1-2,5H2,(H2,21,23)(H,25,28)/t15-;12-/m00/s1. The van der Waals surface area contributed by atoms with Crippen LogP contribution in [0.15, 0.2) is 61.2 Å². The minimum absolute atomic E-state index is 0.117. The van der Waals surface area contributed by atoms with Gasteiger partial charge in [0.15, 0.2) is 22.9 Å². The van der Waals surface area contributed by atoms with E-state index in [2.05, 4.69) is 46.1 Å². The summed E-state index contributed by atoms with van der Waals surface area (Å²) >= 11 is 0. The Morgan fingerprint density at radius 1 is 0.746 bits per heavy atom. The number of halogens is 6. The van der Waals surface area contributed by atoms with Crippen LogP contribution in [0.5, 0.6) is 0 Å². The molecule has 2 fully saturated rings. The molecule has 6 aromatic rings. The smallest absolute Gasteiger partial charge is 0.419 e. The molecule has 0 bridgehead atoms. The van der Waals surface area contributed by atoms with Crippen molar-refractivity contribution in [3.63, 3.8) is 0 Å². The molecule has 0 aromatic carbocycles. The summed E-state index contributed by atoms with van der Waals surface area (Å²) in [4.78, 5) is 54.7. The van der Waals surface area contributed by atoms with Gasteiger partial charge in [-0.3, -0.25) is 14.5 Å². The molecular formula is C39H40F6N14O4. The number of alkyl halides is 6. The number of hydrogen-bond donors (Lipinski definition) is 5. The fourth-order valence-corrected chi connectivity index (χ4v) is 6.79. The minimum atomic E-state index is -4.66. The summed E-state index contributed by atoms with van der Waals surface area (Å²) in [5.41, 5.74) is 9.49. The summed E-state index contributed by atoms with van der Waals surface area (Å²) in [5.74, 6) is -1.32. The average molecular weight is 883 g/mol. The van der Waals surface area contributed by atoms with Crippen LogP contribution in [0, 0.1) is 0 Å². The lowest BCUT2D eigenvalue weighted by Crippen LogP contribution is -2.45. The van der Waals surface area contributed by atoms with Crippen LogP contribution in [-0.4, -0.2) is 92.7 Å². The summed E-state index contributed by atoms with van der Waals surface area (Å²) in [7, 11) is 0. The predicted molar refractivity (Wildman–Crippen MR) is 216 cm³/mol. The van der Waals surface area contributed by atoms with Crippen molar-refractivity contribution in [3.05, 3.63) is 72.3 Å². The number of ether oxygens (including phenoxy) is 1. The maximum absolute atomic E-state index is 13.2. The number of likely N-dealkylation sites (tertiary alicyclic amines) is 1. The van der Waals surface area contributed by atoms with Crippen molar-refractivity contribution in [3.8, 4) is 22.5 Å². The first kappa shape index (κ1) is 44.0. The summed E-state index contributed by atoms with van der Waals surface area (Å²) in [6.07, 6.45) is -1.65. The number of carbonyl (C=O) groups is 3. The van der Waals surface area contributed by atoms with Gasteiger partial charge in [0.05, 0.1) is 41.0 Å². The van der Waals surface area contributed by atoms with E-state index in [4.69, 9.17) is 16.2 Å². The lowest BCUT2D eigenvalue weighted by atomic mass is 10.1. The number of imidazole rings is 2. The number of fused-ring (bicyclic) bond motifs is 2. The summed E-state index contributed by atoms with van der Waals surface area (Å²) < 4.78 is 86.8. The molecule has 2 aliphatic rings. The normalized spacial score (nSPS) is 16.8. The van der Waals surface area contributed by atoms with Gasteiger partial charge in [-0.15, -0.1) is 0 Å². The zero-order valence-electron chi connectivity index (χ0n) is 33.8. The topological polar surface area (TPSA) is 238 Å². The van der Waals surface area contributed by atoms with Crippen molar-refractivity contribution in [1.82, 2.24) is 49.4 Å². The number of rotatable bonds is 6. The molecule has 8 heterocycles. The third kappa shape index (κ3) is 10.2. The number of nitrogens with one attached hydrogen (secondary N) is 3. The van der Waals surface area contributed by atoms with Crippen molar-refractivity contribution in [2.45, 2.75) is 76.5 Å². The van der Waals surface area contributed by atoms with Crippen LogP contribution in [-0.2, 0) is 26.7 Å². The molecule has 8 rings (SSSR count). The molecule has 2 atom stereocenters. The molecule has 18 nitrogen and oxygen atoms in total. The molecule has 0 aliphatic carbocycles. The van der Waals surface area contributed by atoms with Gasteiger partial charge in [-0.25, -0.2) is 33.8 Å². The first-order valence-electron chi connectivity index (χ1n) is 19.4. The molecule has 24 heteroatoms. The van der Waals surface area contributed by atoms with Gasteiger partial charge in [0.1, 0.15) is 23.3 Å². The number of nitrogen functional groups attached to an aromatic ring is 2. The van der Waals surface area contributed by atoms with E-state index >= 15 is 0 Å². The van der Waals surface area contributed by atoms with Gasteiger partial charge in [-0.2, -0.15) is 36.5 Å². The lowest BCUT2D eigenvalue weighted by Gasteiger charge is -2.27. The predicted octanol–water partition coefficient (Wildman–Crippen LogP) is 5.81. The largest absolute Gasteiger partial charge is 0.444 e. The SMILES string of the molecule is CC(C)(C)OC(=O)N1CCC[C@H]1C(=O)Nc1cn2nc(-c3cnc(N)c(C(F)(F)F)c3)ccc2n1.Nc1ncc(-c2ccc3nc(NC(=O)[C@@H]4CCCN4)cn3n2)cc1C(F)(F)F. The molecule has 63 heavy (non-hydrogen) atoms. The second-order valence-electron chi connectivity index (χ2n) is 15.6. The highest BCUT2D eigenvalue weighted by Crippen LogP contribution is 2.36. The molecule has 7 N–H and O–H groups in total. The summed E-state index contributed by atoms with van der Waals surface area (Å²) in [5, 5.41) is 17.0. The highest BCUT2D eigenvalue weighted by atomic mass is 19.4. The Hall–Kier alpha value is -7.11. The summed E-state index contributed by atoms with van der Waals surface area (Å²) in [6, 6.07) is 6.97. The molecule has 0 spiro atoms. The first-order chi connectivity index (χ1) is 29.6. The molecule has 3 amide bonds. The second kappa shape index (κ2) is 17.0. The maximum atomic E-state index is 13.2. The molecule has 2 aliphatic heterocycles. The first-order valence-corrected chi connectivity index (χ1v) is 19.4. The third-order valence-corrected chi connectivity index (χ3v) is 9.74. The number of aromatic nitrogens is 8. The second-order valence-corrected chi connectivity index (χ2v) is 15.6. The highest BCUT2D eigenvalue weighted by Gasteiger charge is 2.38. The lowest BCUT2D eigenvalue weighted by molar-refractivity contribution is -0.137. The van der Waals surface area contributed by atoms with Crippen molar-refractivity contribution in [1.29, 1.82) is 0 Å². The van der Waals surface area contributed by atoms with Gasteiger partial charge in [0.2, 0.25) is 11.8 Å². The number of pyridine rings is 2. The quantitative estimate of drug-likeness (QED) is 0.124. The average Bonchev–Trinajstić information content (AvgIpc) is 4.03. The number of nitrogens with two attached hydrogens (primary N) is 2. The van der Waals surface area contributed by atoms with Gasteiger partial charge < -0.3 is 32.2 Å². The van der Waals surface area contributed by atoms with Gasteiger partial charge in [0.25, 0.3) is 0 Å². The molecule has 0 saturated carbocycles. The number of amides is 3. The monoisotopic (exact) mass is 882 g/mol. The zero-order valence-corrected chi connectivity index (χ0v) is 33.8. The van der Waals surface area contributed by atoms with Crippen LogP contribution < -0.4 is 27.4 Å². The van der Waals surface area contributed by atoms with Crippen LogP contribution in [0.4, 0.5) is 54.4 Å². The number of hydrogen-bond acceptors (Lipinski definition) is 13. The van der Waals surface area contributed by atoms with Crippen LogP contribution in [0.25, 0.3) is 33.8 Å². The highest BCUT2D eigenvalue weighted by molar-refractivity contribution is 5.96. The van der Waals surface area contributed by atoms with Crippen LogP contribution >= 0.6 is 0 Å². The molecule has 2 saturated heterocycles. The van der Waals surface area contributed by atoms with E-state index in [1.807, 2.05) is 0 Å². The van der Waals surface area contributed by atoms with Crippen LogP contribution in [0.1, 0.15) is 57.6 Å². The zero-order chi connectivity index (χ0) is 45.4. The van der Waals surface area contributed by atoms with Crippen molar-refractivity contribution < 1.29 is 45.5 Å². The van der Waals surface area contributed by atoms with Crippen molar-refractivity contribution in [2.75, 3.05) is 35.2 Å². The fraction of sp³-hybridized carbons (Fsp3) is 0.359. The Balaban J connectivity index is 0.000000193. The van der Waals surface area contributed by atoms with E-state index in [0.717, 1.165) is 31.5 Å². The molecule has 0 radical (unpaired) electrons. The van der Waals surface area contributed by atoms with E-state index < -0.39 is 58.8 Å². The number of anilines is 4. The molecule has 0 unspecified atom stereocenters. The Kier molecular flexibility index (Phi) is 11.8. The van der Waals surface area contributed by atoms with Gasteiger partial charge >= 0.3 is 18.4 Å². The third-order valence-electron chi connectivity index (χ3n) is 9.74. The van der Waals surface area contributed by atoms with Gasteiger partial charge in [0, 0.05) is 30.1 Å². The van der Waals surface area contributed by atoms with Crippen molar-refractivity contribution in [2.24, 2.45) is 0 Å². The van der Waals surface area contributed by atoms with Gasteiger partial charge in [-0.1, -0.05) is 0 Å². The van der Waals surface area contributed by atoms with Crippen molar-refractivity contribution >= 4 is 52.5 Å². The molecular weight excluding hydrogens is 843 g/mol. The van der Waals surface area contributed by atoms with Crippen LogP contribution in [0.3, 0.4) is 0 Å². The fourth-order valence-electron chi connectivity index (χ4n) is 6.79. The number of nitrogens with zero attached hydrogens (tertiary/aromatic N) is 9. The van der Waals surface area contributed by atoms with Crippen LogP contribution in [0.2, 0.25) is 0 Å². The maximum Gasteiger partial charge on any atom is 0.419 e. The molecule has 6 aromatic heterocycles. The molecule has 332 valence electrons. The van der Waals surface area contributed by atoms with E-state index in [9.17, 15) is 40.7 Å². The van der Waals surface area contributed by atoms with Gasteiger partial charge in [-0.05, 0) is 89.4 Å². The van der Waals surface area contributed by atoms with E-state index in [1.165, 1.54) is 50.9 Å². The Morgan fingerprint density at radius 2 is 1.25 bits per heavy atom. The minimum Gasteiger partial charge on any atom is -0.444 e. The van der Waals surface area contributed by atoms with E-state index in [1.54, 1.807) is 32.9 Å².